The highest BCUT2D eigenvalue weighted by atomic mass is 16.6. The van der Waals surface area contributed by atoms with Gasteiger partial charge in [0.05, 0.1) is 18.5 Å². The van der Waals surface area contributed by atoms with Crippen LogP contribution in [0, 0.1) is 10.1 Å². The van der Waals surface area contributed by atoms with Gasteiger partial charge in [-0.2, -0.15) is 0 Å². The van der Waals surface area contributed by atoms with E-state index in [0.717, 1.165) is 0 Å². The predicted molar refractivity (Wildman–Crippen MR) is 68.2 cm³/mol. The molecule has 0 unspecified atom stereocenters. The lowest BCUT2D eigenvalue weighted by Crippen LogP contribution is -2.30. The normalized spacial score (nSPS) is 9.65. The monoisotopic (exact) mass is 282 g/mol. The summed E-state index contributed by atoms with van der Waals surface area (Å²) in [6.07, 6.45) is 0.0831. The number of hydrogen-bond acceptors (Lipinski definition) is 6. The lowest BCUT2D eigenvalue weighted by molar-refractivity contribution is -0.384. The molecule has 0 aromatic heterocycles. The van der Waals surface area contributed by atoms with Crippen molar-refractivity contribution in [2.24, 2.45) is 0 Å². The molecule has 0 bridgehead atoms. The van der Waals surface area contributed by atoms with Crippen molar-refractivity contribution in [3.05, 3.63) is 34.4 Å². The van der Waals surface area contributed by atoms with Crippen molar-refractivity contribution in [1.82, 2.24) is 5.32 Å². The average molecular weight is 282 g/mol. The van der Waals surface area contributed by atoms with E-state index < -0.39 is 16.8 Å². The summed E-state index contributed by atoms with van der Waals surface area (Å²) in [4.78, 5) is 32.1. The molecule has 0 aliphatic carbocycles. The van der Waals surface area contributed by atoms with E-state index in [1.54, 1.807) is 0 Å². The largest absolute Gasteiger partial charge is 0.484 e. The summed E-state index contributed by atoms with van der Waals surface area (Å²) < 4.78 is 9.55. The van der Waals surface area contributed by atoms with E-state index in [2.05, 4.69) is 10.1 Å². The second-order valence-electron chi connectivity index (χ2n) is 3.72. The Morgan fingerprint density at radius 1 is 1.30 bits per heavy atom. The Morgan fingerprint density at radius 3 is 2.50 bits per heavy atom. The first-order valence-corrected chi connectivity index (χ1v) is 5.73. The van der Waals surface area contributed by atoms with Crippen LogP contribution in [0.5, 0.6) is 5.75 Å². The van der Waals surface area contributed by atoms with E-state index >= 15 is 0 Å². The highest BCUT2D eigenvalue weighted by Gasteiger charge is 2.07. The number of nitro benzene ring substituents is 1. The van der Waals surface area contributed by atoms with Gasteiger partial charge in [0.15, 0.2) is 6.61 Å². The van der Waals surface area contributed by atoms with Crippen molar-refractivity contribution in [3.8, 4) is 5.75 Å². The quantitative estimate of drug-likeness (QED) is 0.447. The molecule has 0 spiro atoms. The molecule has 8 nitrogen and oxygen atoms in total. The Kier molecular flexibility index (Phi) is 5.95. The van der Waals surface area contributed by atoms with Gasteiger partial charge in [-0.1, -0.05) is 0 Å². The zero-order valence-electron chi connectivity index (χ0n) is 10.8. The first kappa shape index (κ1) is 15.4. The van der Waals surface area contributed by atoms with E-state index in [1.807, 2.05) is 0 Å². The molecule has 0 aliphatic rings. The topological polar surface area (TPSA) is 108 Å². The van der Waals surface area contributed by atoms with E-state index in [0.29, 0.717) is 5.75 Å². The Balaban J connectivity index is 2.30. The van der Waals surface area contributed by atoms with E-state index in [1.165, 1.54) is 31.4 Å². The molecule has 0 saturated carbocycles. The fourth-order valence-corrected chi connectivity index (χ4v) is 1.27. The van der Waals surface area contributed by atoms with Crippen LogP contribution in [0.3, 0.4) is 0 Å². The molecule has 1 aromatic carbocycles. The van der Waals surface area contributed by atoms with Crippen molar-refractivity contribution in [2.75, 3.05) is 20.3 Å². The summed E-state index contributed by atoms with van der Waals surface area (Å²) >= 11 is 0. The minimum atomic E-state index is -0.525. The number of methoxy groups -OCH3 is 1. The van der Waals surface area contributed by atoms with Gasteiger partial charge < -0.3 is 14.8 Å². The Bertz CT molecular complexity index is 485. The number of esters is 1. The highest BCUT2D eigenvalue weighted by molar-refractivity contribution is 5.78. The second-order valence-corrected chi connectivity index (χ2v) is 3.72. The fourth-order valence-electron chi connectivity index (χ4n) is 1.27. The van der Waals surface area contributed by atoms with Crippen molar-refractivity contribution in [1.29, 1.82) is 0 Å². The number of nitro groups is 1. The fraction of sp³-hybridized carbons (Fsp3) is 0.333. The maximum atomic E-state index is 11.4. The Hall–Kier alpha value is -2.64. The number of rotatable bonds is 7. The zero-order valence-corrected chi connectivity index (χ0v) is 10.8. The van der Waals surface area contributed by atoms with Crippen LogP contribution >= 0.6 is 0 Å². The smallest absolute Gasteiger partial charge is 0.307 e. The van der Waals surface area contributed by atoms with Crippen molar-refractivity contribution in [2.45, 2.75) is 6.42 Å². The minimum absolute atomic E-state index is 0.0557. The number of nitrogens with one attached hydrogen (secondary N) is 1. The SMILES string of the molecule is COC(=O)CCNC(=O)COc1ccc([N+](=O)[O-])cc1. The second kappa shape index (κ2) is 7.72. The van der Waals surface area contributed by atoms with Crippen LogP contribution in [0.1, 0.15) is 6.42 Å². The van der Waals surface area contributed by atoms with Crippen LogP contribution in [-0.2, 0) is 14.3 Å². The summed E-state index contributed by atoms with van der Waals surface area (Å²) in [5.74, 6) is -0.465. The summed E-state index contributed by atoms with van der Waals surface area (Å²) in [6, 6.07) is 5.37. The van der Waals surface area contributed by atoms with Gasteiger partial charge in [-0.05, 0) is 12.1 Å². The van der Waals surface area contributed by atoms with Gasteiger partial charge in [-0.15, -0.1) is 0 Å². The number of nitrogens with zero attached hydrogens (tertiary/aromatic N) is 1. The lowest BCUT2D eigenvalue weighted by Gasteiger charge is -2.06. The molecule has 0 fully saturated rings. The van der Waals surface area contributed by atoms with Gasteiger partial charge in [0.2, 0.25) is 0 Å². The van der Waals surface area contributed by atoms with Gasteiger partial charge in [0.1, 0.15) is 5.75 Å². The molecule has 1 rings (SSSR count). The molecular weight excluding hydrogens is 268 g/mol. The zero-order chi connectivity index (χ0) is 15.0. The molecule has 0 aliphatic heterocycles. The number of carbonyl (C=O) groups is 2. The summed E-state index contributed by atoms with van der Waals surface area (Å²) in [5, 5.41) is 12.9. The molecule has 1 N–H and O–H groups in total. The first-order valence-electron chi connectivity index (χ1n) is 5.73. The van der Waals surface area contributed by atoms with Crippen LogP contribution < -0.4 is 10.1 Å². The van der Waals surface area contributed by atoms with Crippen molar-refractivity contribution < 1.29 is 24.0 Å². The number of ether oxygens (including phenoxy) is 2. The van der Waals surface area contributed by atoms with Crippen LogP contribution in [0.4, 0.5) is 5.69 Å². The number of carbonyl (C=O) groups excluding carboxylic acids is 2. The molecule has 0 radical (unpaired) electrons. The van der Waals surface area contributed by atoms with E-state index in [4.69, 9.17) is 4.74 Å². The number of benzene rings is 1. The molecule has 0 atom stereocenters. The summed E-state index contributed by atoms with van der Waals surface area (Å²) in [5.41, 5.74) is -0.0557. The van der Waals surface area contributed by atoms with Crippen molar-refractivity contribution in [3.63, 3.8) is 0 Å². The van der Waals surface area contributed by atoms with Gasteiger partial charge in [-0.3, -0.25) is 19.7 Å². The molecule has 108 valence electrons. The Morgan fingerprint density at radius 2 is 1.95 bits per heavy atom. The van der Waals surface area contributed by atoms with Gasteiger partial charge in [-0.25, -0.2) is 0 Å². The summed E-state index contributed by atoms with van der Waals surface area (Å²) in [7, 11) is 1.27. The van der Waals surface area contributed by atoms with E-state index in [9.17, 15) is 19.7 Å². The molecule has 0 saturated heterocycles. The molecule has 8 heteroatoms. The highest BCUT2D eigenvalue weighted by Crippen LogP contribution is 2.16. The maximum Gasteiger partial charge on any atom is 0.307 e. The number of amides is 1. The third kappa shape index (κ3) is 5.34. The van der Waals surface area contributed by atoms with Gasteiger partial charge in [0.25, 0.3) is 11.6 Å². The van der Waals surface area contributed by atoms with Crippen LogP contribution in [0.2, 0.25) is 0 Å². The molecule has 0 heterocycles. The number of hydrogen-bond donors (Lipinski definition) is 1. The molecule has 1 aromatic rings. The Labute approximate surface area is 114 Å². The third-order valence-corrected chi connectivity index (χ3v) is 2.30. The molecule has 20 heavy (non-hydrogen) atoms. The standard InChI is InChI=1S/C12H14N2O6/c1-19-12(16)6-7-13-11(15)8-20-10-4-2-9(3-5-10)14(17)18/h2-5H,6-8H2,1H3,(H,13,15). The van der Waals surface area contributed by atoms with Crippen LogP contribution in [0.15, 0.2) is 24.3 Å². The average Bonchev–Trinajstić information content (AvgIpc) is 2.45. The third-order valence-electron chi connectivity index (χ3n) is 2.30. The van der Waals surface area contributed by atoms with E-state index in [-0.39, 0.29) is 25.3 Å². The van der Waals surface area contributed by atoms with Crippen LogP contribution in [0.25, 0.3) is 0 Å². The van der Waals surface area contributed by atoms with Gasteiger partial charge in [0, 0.05) is 18.7 Å². The molecular formula is C12H14N2O6. The predicted octanol–water partition coefficient (Wildman–Crippen LogP) is 0.653. The van der Waals surface area contributed by atoms with Crippen molar-refractivity contribution >= 4 is 17.6 Å². The van der Waals surface area contributed by atoms with Crippen LogP contribution in [-0.4, -0.2) is 37.1 Å². The van der Waals surface area contributed by atoms with Gasteiger partial charge >= 0.3 is 5.97 Å². The minimum Gasteiger partial charge on any atom is -0.484 e. The number of non-ortho nitro benzene ring substituents is 1. The summed E-state index contributed by atoms with van der Waals surface area (Å²) in [6.45, 7) is -0.0753. The molecule has 1 amide bonds. The first-order chi connectivity index (χ1) is 9.52. The lowest BCUT2D eigenvalue weighted by atomic mass is 10.3. The maximum absolute atomic E-state index is 11.4.